The van der Waals surface area contributed by atoms with E-state index >= 15 is 0 Å². The first kappa shape index (κ1) is 12.6. The molecule has 1 radical (unpaired) electrons. The van der Waals surface area contributed by atoms with E-state index < -0.39 is 0 Å². The second-order valence-corrected chi connectivity index (χ2v) is 4.97. The van der Waals surface area contributed by atoms with Crippen LogP contribution in [0.2, 0.25) is 0 Å². The van der Waals surface area contributed by atoms with Crippen molar-refractivity contribution in [2.45, 2.75) is 12.3 Å². The zero-order valence-electron chi connectivity index (χ0n) is 11.1. The summed E-state index contributed by atoms with van der Waals surface area (Å²) in [5.41, 5.74) is 2.19. The minimum absolute atomic E-state index is 0.206. The number of rotatable bonds is 4. The Morgan fingerprint density at radius 3 is 2.25 bits per heavy atom. The minimum atomic E-state index is -0.206. The molecule has 0 aliphatic carbocycles. The van der Waals surface area contributed by atoms with E-state index in [0.717, 1.165) is 11.1 Å². The number of hydrogen-bond acceptors (Lipinski definition) is 1. The van der Waals surface area contributed by atoms with Crippen molar-refractivity contribution in [3.63, 3.8) is 0 Å². The summed E-state index contributed by atoms with van der Waals surface area (Å²) in [6.45, 7) is 0. The molecule has 1 heteroatoms. The van der Waals surface area contributed by atoms with Crippen LogP contribution >= 0.6 is 0 Å². The quantitative estimate of drug-likeness (QED) is 0.683. The second-order valence-electron chi connectivity index (χ2n) is 4.97. The SMILES string of the molecule is O=[C]C(Cc1ccccc1)c1ccc2ccccc2c1. The lowest BCUT2D eigenvalue weighted by Crippen LogP contribution is -2.04. The van der Waals surface area contributed by atoms with Crippen molar-refractivity contribution in [3.05, 3.63) is 83.9 Å². The van der Waals surface area contributed by atoms with Crippen molar-refractivity contribution >= 4 is 17.1 Å². The number of hydrogen-bond donors (Lipinski definition) is 0. The first-order valence-electron chi connectivity index (χ1n) is 6.77. The van der Waals surface area contributed by atoms with Gasteiger partial charge in [0.05, 0.1) is 5.92 Å². The molecule has 1 atom stereocenters. The molecule has 1 nitrogen and oxygen atoms in total. The molecule has 0 saturated carbocycles. The molecule has 3 rings (SSSR count). The molecule has 0 aliphatic heterocycles. The van der Waals surface area contributed by atoms with Crippen molar-refractivity contribution in [3.8, 4) is 0 Å². The first-order chi connectivity index (χ1) is 9.86. The van der Waals surface area contributed by atoms with Crippen molar-refractivity contribution in [1.82, 2.24) is 0 Å². The Balaban J connectivity index is 1.93. The van der Waals surface area contributed by atoms with Crippen LogP contribution in [0, 0.1) is 0 Å². The van der Waals surface area contributed by atoms with Crippen molar-refractivity contribution in [2.24, 2.45) is 0 Å². The lowest BCUT2D eigenvalue weighted by Gasteiger charge is -2.11. The summed E-state index contributed by atoms with van der Waals surface area (Å²) in [5, 5.41) is 2.36. The summed E-state index contributed by atoms with van der Waals surface area (Å²) >= 11 is 0. The summed E-state index contributed by atoms with van der Waals surface area (Å²) in [4.78, 5) is 11.3. The Morgan fingerprint density at radius 1 is 0.800 bits per heavy atom. The van der Waals surface area contributed by atoms with Crippen LogP contribution in [0.1, 0.15) is 17.0 Å². The zero-order chi connectivity index (χ0) is 13.8. The van der Waals surface area contributed by atoms with E-state index in [1.165, 1.54) is 10.8 Å². The molecule has 0 spiro atoms. The van der Waals surface area contributed by atoms with Crippen LogP contribution in [0.15, 0.2) is 72.8 Å². The molecule has 0 aliphatic rings. The van der Waals surface area contributed by atoms with Gasteiger partial charge >= 0.3 is 0 Å². The molecular weight excluding hydrogens is 244 g/mol. The molecule has 0 heterocycles. The molecule has 20 heavy (non-hydrogen) atoms. The van der Waals surface area contributed by atoms with Crippen molar-refractivity contribution in [2.75, 3.05) is 0 Å². The van der Waals surface area contributed by atoms with E-state index in [-0.39, 0.29) is 5.92 Å². The molecule has 1 unspecified atom stereocenters. The van der Waals surface area contributed by atoms with Gasteiger partial charge in [-0.2, -0.15) is 0 Å². The van der Waals surface area contributed by atoms with E-state index in [2.05, 4.69) is 30.6 Å². The van der Waals surface area contributed by atoms with Gasteiger partial charge in [0.25, 0.3) is 0 Å². The van der Waals surface area contributed by atoms with Crippen LogP contribution in [-0.2, 0) is 11.2 Å². The largest absolute Gasteiger partial charge is 0.290 e. The Kier molecular flexibility index (Phi) is 3.60. The van der Waals surface area contributed by atoms with Gasteiger partial charge in [-0.05, 0) is 28.3 Å². The topological polar surface area (TPSA) is 17.1 Å². The Bertz CT molecular complexity index is 716. The van der Waals surface area contributed by atoms with Gasteiger partial charge in [0.15, 0.2) is 0 Å². The fourth-order valence-corrected chi connectivity index (χ4v) is 2.50. The van der Waals surface area contributed by atoms with Gasteiger partial charge in [-0.15, -0.1) is 0 Å². The van der Waals surface area contributed by atoms with Gasteiger partial charge in [0.2, 0.25) is 6.29 Å². The first-order valence-corrected chi connectivity index (χ1v) is 6.77. The Hall–Kier alpha value is -2.41. The molecular formula is C19H15O. The monoisotopic (exact) mass is 259 g/mol. The van der Waals surface area contributed by atoms with E-state index in [0.29, 0.717) is 6.42 Å². The summed E-state index contributed by atoms with van der Waals surface area (Å²) < 4.78 is 0. The fraction of sp³-hybridized carbons (Fsp3) is 0.105. The van der Waals surface area contributed by atoms with Gasteiger partial charge in [0, 0.05) is 0 Å². The summed E-state index contributed by atoms with van der Waals surface area (Å²) in [5.74, 6) is -0.206. The molecule has 0 aromatic heterocycles. The highest BCUT2D eigenvalue weighted by atomic mass is 16.1. The highest BCUT2D eigenvalue weighted by Crippen LogP contribution is 2.23. The summed E-state index contributed by atoms with van der Waals surface area (Å²) in [6.07, 6.45) is 2.88. The van der Waals surface area contributed by atoms with Gasteiger partial charge in [0.1, 0.15) is 0 Å². The predicted molar refractivity (Wildman–Crippen MR) is 82.5 cm³/mol. The van der Waals surface area contributed by atoms with E-state index in [1.807, 2.05) is 48.5 Å². The second kappa shape index (κ2) is 5.70. The molecule has 97 valence electrons. The highest BCUT2D eigenvalue weighted by Gasteiger charge is 2.12. The van der Waals surface area contributed by atoms with Crippen LogP contribution in [0.3, 0.4) is 0 Å². The fourth-order valence-electron chi connectivity index (χ4n) is 2.50. The van der Waals surface area contributed by atoms with Crippen LogP contribution in [-0.4, -0.2) is 6.29 Å². The standard InChI is InChI=1S/C19H15O/c20-14-19(12-15-6-2-1-3-7-15)18-11-10-16-8-4-5-9-17(16)13-18/h1-11,13,19H,12H2. The van der Waals surface area contributed by atoms with Crippen LogP contribution in [0.25, 0.3) is 10.8 Å². The number of carbonyl (C=O) groups excluding carboxylic acids is 1. The smallest absolute Gasteiger partial charge is 0.206 e. The van der Waals surface area contributed by atoms with Gasteiger partial charge in [-0.25, -0.2) is 0 Å². The Morgan fingerprint density at radius 2 is 1.50 bits per heavy atom. The van der Waals surface area contributed by atoms with E-state index in [4.69, 9.17) is 0 Å². The maximum atomic E-state index is 11.3. The minimum Gasteiger partial charge on any atom is -0.290 e. The lowest BCUT2D eigenvalue weighted by atomic mass is 9.92. The van der Waals surface area contributed by atoms with Crippen LogP contribution in [0.4, 0.5) is 0 Å². The summed E-state index contributed by atoms with van der Waals surface area (Å²) in [6, 6.07) is 24.5. The number of benzene rings is 3. The third kappa shape index (κ3) is 2.62. The molecule has 0 N–H and O–H groups in total. The van der Waals surface area contributed by atoms with E-state index in [1.54, 1.807) is 0 Å². The third-order valence-corrected chi connectivity index (χ3v) is 3.60. The average Bonchev–Trinajstić information content (AvgIpc) is 2.53. The van der Waals surface area contributed by atoms with Crippen LogP contribution < -0.4 is 0 Å². The zero-order valence-corrected chi connectivity index (χ0v) is 11.1. The Labute approximate surface area is 118 Å². The molecule has 0 saturated heterocycles. The molecule has 3 aromatic rings. The highest BCUT2D eigenvalue weighted by molar-refractivity contribution is 5.84. The molecule has 0 bridgehead atoms. The van der Waals surface area contributed by atoms with E-state index in [9.17, 15) is 4.79 Å². The van der Waals surface area contributed by atoms with Crippen molar-refractivity contribution < 1.29 is 4.79 Å². The van der Waals surface area contributed by atoms with Crippen molar-refractivity contribution in [1.29, 1.82) is 0 Å². The van der Waals surface area contributed by atoms with Crippen LogP contribution in [0.5, 0.6) is 0 Å². The maximum absolute atomic E-state index is 11.3. The lowest BCUT2D eigenvalue weighted by molar-refractivity contribution is 0.542. The maximum Gasteiger partial charge on any atom is 0.206 e. The molecule has 0 amide bonds. The molecule has 3 aromatic carbocycles. The summed E-state index contributed by atoms with van der Waals surface area (Å²) in [7, 11) is 0. The third-order valence-electron chi connectivity index (χ3n) is 3.60. The average molecular weight is 259 g/mol. The predicted octanol–water partition coefficient (Wildman–Crippen LogP) is 4.28. The molecule has 0 fully saturated rings. The van der Waals surface area contributed by atoms with Gasteiger partial charge in [-0.3, -0.25) is 4.79 Å². The normalized spacial score (nSPS) is 12.2. The number of fused-ring (bicyclic) bond motifs is 1. The van der Waals surface area contributed by atoms with Gasteiger partial charge in [-0.1, -0.05) is 72.8 Å². The van der Waals surface area contributed by atoms with Gasteiger partial charge < -0.3 is 0 Å².